The largest absolute Gasteiger partial charge is 0.507 e. The molecule has 2 aliphatic rings. The van der Waals surface area contributed by atoms with Crippen LogP contribution in [0.15, 0.2) is 18.2 Å². The van der Waals surface area contributed by atoms with Crippen LogP contribution in [0.25, 0.3) is 10.8 Å². The van der Waals surface area contributed by atoms with E-state index in [0.29, 0.717) is 16.6 Å². The highest BCUT2D eigenvalue weighted by molar-refractivity contribution is 7.34. The molecule has 0 heterocycles. The van der Waals surface area contributed by atoms with Crippen LogP contribution in [0.3, 0.4) is 0 Å². The lowest BCUT2D eigenvalue weighted by Crippen LogP contribution is -2.23. The van der Waals surface area contributed by atoms with E-state index in [1.807, 2.05) is 6.07 Å². The SMILES string of the molecule is O=Pc1c2c(O)c3c(cccc3c1O)C1CCCCCCC21. The Labute approximate surface area is 131 Å². The molecular weight excluding hydrogens is 295 g/mol. The zero-order chi connectivity index (χ0) is 15.3. The lowest BCUT2D eigenvalue weighted by atomic mass is 9.69. The van der Waals surface area contributed by atoms with Gasteiger partial charge in [-0.2, -0.15) is 0 Å². The van der Waals surface area contributed by atoms with Crippen molar-refractivity contribution in [2.75, 3.05) is 0 Å². The van der Waals surface area contributed by atoms with Crippen molar-refractivity contribution in [2.24, 2.45) is 0 Å². The molecule has 1 saturated carbocycles. The van der Waals surface area contributed by atoms with E-state index in [0.717, 1.165) is 35.8 Å². The van der Waals surface area contributed by atoms with Gasteiger partial charge in [-0.15, -0.1) is 0 Å². The fraction of sp³-hybridized carbons (Fsp3) is 0.444. The molecule has 2 bridgehead atoms. The van der Waals surface area contributed by atoms with Gasteiger partial charge in [-0.3, -0.25) is 4.57 Å². The number of phenolic OH excluding ortho intramolecular Hbond substituents is 2. The zero-order valence-electron chi connectivity index (χ0n) is 12.4. The van der Waals surface area contributed by atoms with Gasteiger partial charge in [0.2, 0.25) is 0 Å². The van der Waals surface area contributed by atoms with Crippen molar-refractivity contribution in [3.8, 4) is 11.5 Å². The standard InChI is InChI=1S/C18H19O3P/c19-16-13-9-5-8-11-10-6-3-1-2-4-7-12(10)15(18(16)22-21)17(20)14(11)13/h5,8-10,12,19-20H,1-4,6-7H2. The first-order valence-corrected chi connectivity index (χ1v) is 8.89. The van der Waals surface area contributed by atoms with Crippen LogP contribution in [0.5, 0.6) is 11.5 Å². The highest BCUT2D eigenvalue weighted by Crippen LogP contribution is 2.54. The molecule has 0 radical (unpaired) electrons. The third-order valence-corrected chi connectivity index (χ3v) is 6.09. The maximum atomic E-state index is 11.7. The van der Waals surface area contributed by atoms with E-state index >= 15 is 0 Å². The predicted octanol–water partition coefficient (Wildman–Crippen LogP) is 4.70. The van der Waals surface area contributed by atoms with Crippen LogP contribution >= 0.6 is 8.46 Å². The van der Waals surface area contributed by atoms with Crippen LogP contribution in [-0.2, 0) is 4.57 Å². The monoisotopic (exact) mass is 314 g/mol. The molecule has 0 saturated heterocycles. The van der Waals surface area contributed by atoms with Gasteiger partial charge in [-0.1, -0.05) is 43.9 Å². The molecule has 2 aliphatic carbocycles. The van der Waals surface area contributed by atoms with E-state index in [1.54, 1.807) is 6.07 Å². The van der Waals surface area contributed by atoms with Gasteiger partial charge in [0.1, 0.15) is 11.5 Å². The molecule has 4 rings (SSSR count). The molecule has 0 aliphatic heterocycles. The minimum Gasteiger partial charge on any atom is -0.507 e. The fourth-order valence-electron chi connectivity index (χ4n) is 4.49. The van der Waals surface area contributed by atoms with Gasteiger partial charge >= 0.3 is 0 Å². The van der Waals surface area contributed by atoms with E-state index in [-0.39, 0.29) is 25.9 Å². The Morgan fingerprint density at radius 2 is 1.68 bits per heavy atom. The van der Waals surface area contributed by atoms with Gasteiger partial charge in [-0.25, -0.2) is 0 Å². The van der Waals surface area contributed by atoms with Crippen LogP contribution in [0.1, 0.15) is 61.5 Å². The number of phenols is 2. The molecule has 2 atom stereocenters. The van der Waals surface area contributed by atoms with Gasteiger partial charge in [0.05, 0.1) is 5.30 Å². The summed E-state index contributed by atoms with van der Waals surface area (Å²) in [7, 11) is -0.212. The second-order valence-corrected chi connectivity index (χ2v) is 7.15. The lowest BCUT2D eigenvalue weighted by molar-refractivity contribution is 0.382. The Morgan fingerprint density at radius 3 is 2.41 bits per heavy atom. The van der Waals surface area contributed by atoms with Crippen molar-refractivity contribution < 1.29 is 14.8 Å². The van der Waals surface area contributed by atoms with Gasteiger partial charge in [0.25, 0.3) is 0 Å². The van der Waals surface area contributed by atoms with Crippen molar-refractivity contribution in [2.45, 2.75) is 50.4 Å². The summed E-state index contributed by atoms with van der Waals surface area (Å²) in [4.78, 5) is 0. The summed E-state index contributed by atoms with van der Waals surface area (Å²) in [6.07, 6.45) is 6.87. The number of hydrogen-bond acceptors (Lipinski definition) is 3. The van der Waals surface area contributed by atoms with Gasteiger partial charge in [0, 0.05) is 16.3 Å². The molecule has 4 heteroatoms. The molecule has 22 heavy (non-hydrogen) atoms. The smallest absolute Gasteiger partial charge is 0.196 e. The third kappa shape index (κ3) is 1.82. The van der Waals surface area contributed by atoms with E-state index < -0.39 is 0 Å². The number of benzene rings is 2. The molecule has 114 valence electrons. The van der Waals surface area contributed by atoms with Gasteiger partial charge in [-0.05, 0) is 30.2 Å². The maximum Gasteiger partial charge on any atom is 0.196 e. The van der Waals surface area contributed by atoms with Crippen molar-refractivity contribution in [3.05, 3.63) is 29.3 Å². The van der Waals surface area contributed by atoms with Crippen molar-refractivity contribution in [3.63, 3.8) is 0 Å². The molecule has 0 spiro atoms. The second kappa shape index (κ2) is 5.24. The molecular formula is C18H19O3P. The quantitative estimate of drug-likeness (QED) is 0.592. The van der Waals surface area contributed by atoms with Crippen LogP contribution in [0, 0.1) is 0 Å². The molecule has 0 aromatic heterocycles. The van der Waals surface area contributed by atoms with Crippen LogP contribution in [-0.4, -0.2) is 10.2 Å². The summed E-state index contributed by atoms with van der Waals surface area (Å²) in [5.74, 6) is 0.846. The summed E-state index contributed by atoms with van der Waals surface area (Å²) >= 11 is 0. The summed E-state index contributed by atoms with van der Waals surface area (Å²) < 4.78 is 11.7. The Bertz CT molecular complexity index is 769. The highest BCUT2D eigenvalue weighted by atomic mass is 31.1. The van der Waals surface area contributed by atoms with Crippen LogP contribution in [0.4, 0.5) is 0 Å². The zero-order valence-corrected chi connectivity index (χ0v) is 13.3. The Kier molecular flexibility index (Phi) is 3.34. The average molecular weight is 314 g/mol. The molecule has 2 N–H and O–H groups in total. The minimum atomic E-state index is -0.212. The molecule has 2 aromatic carbocycles. The first-order valence-electron chi connectivity index (χ1n) is 8.07. The number of fused-ring (bicyclic) bond motifs is 4. The predicted molar refractivity (Wildman–Crippen MR) is 87.7 cm³/mol. The summed E-state index contributed by atoms with van der Waals surface area (Å²) in [6, 6.07) is 5.82. The Morgan fingerprint density at radius 1 is 0.955 bits per heavy atom. The van der Waals surface area contributed by atoms with E-state index in [2.05, 4.69) is 6.07 Å². The molecule has 2 unspecified atom stereocenters. The summed E-state index contributed by atoms with van der Waals surface area (Å²) in [6.45, 7) is 0. The Hall–Kier alpha value is -1.60. The third-order valence-electron chi connectivity index (χ3n) is 5.45. The van der Waals surface area contributed by atoms with Crippen molar-refractivity contribution >= 4 is 24.5 Å². The molecule has 3 nitrogen and oxygen atoms in total. The molecule has 2 aromatic rings. The van der Waals surface area contributed by atoms with Gasteiger partial charge < -0.3 is 10.2 Å². The Balaban J connectivity index is 2.08. The lowest BCUT2D eigenvalue weighted by Gasteiger charge is -2.36. The second-order valence-electron chi connectivity index (χ2n) is 6.53. The average Bonchev–Trinajstić information content (AvgIpc) is 2.50. The van der Waals surface area contributed by atoms with Crippen LogP contribution < -0.4 is 5.30 Å². The topological polar surface area (TPSA) is 57.5 Å². The van der Waals surface area contributed by atoms with E-state index in [9.17, 15) is 14.8 Å². The molecule has 1 fully saturated rings. The number of aromatic hydroxyl groups is 2. The normalized spacial score (nSPS) is 24.2. The first kappa shape index (κ1) is 14.0. The summed E-state index contributed by atoms with van der Waals surface area (Å²) in [5.41, 5.74) is 1.88. The van der Waals surface area contributed by atoms with Crippen LogP contribution in [0.2, 0.25) is 0 Å². The van der Waals surface area contributed by atoms with Crippen molar-refractivity contribution in [1.29, 1.82) is 0 Å². The minimum absolute atomic E-state index is 0.0711. The fourth-order valence-corrected chi connectivity index (χ4v) is 5.07. The maximum absolute atomic E-state index is 11.7. The summed E-state index contributed by atoms with van der Waals surface area (Å²) in [5, 5.41) is 23.1. The number of rotatable bonds is 1. The van der Waals surface area contributed by atoms with Gasteiger partial charge in [0.15, 0.2) is 8.46 Å². The highest BCUT2D eigenvalue weighted by Gasteiger charge is 2.37. The number of hydrogen-bond donors (Lipinski definition) is 2. The van der Waals surface area contributed by atoms with E-state index in [1.165, 1.54) is 19.3 Å². The van der Waals surface area contributed by atoms with E-state index in [4.69, 9.17) is 0 Å². The first-order chi connectivity index (χ1) is 10.7. The van der Waals surface area contributed by atoms with Crippen molar-refractivity contribution in [1.82, 2.24) is 0 Å². The molecule has 0 amide bonds.